The first-order chi connectivity index (χ1) is 10.3. The summed E-state index contributed by atoms with van der Waals surface area (Å²) in [4.78, 5) is 12.5. The third kappa shape index (κ3) is 1.92. The molecule has 1 N–H and O–H groups in total. The van der Waals surface area contributed by atoms with Gasteiger partial charge in [0, 0.05) is 11.5 Å². The molecule has 0 saturated carbocycles. The van der Waals surface area contributed by atoms with Crippen molar-refractivity contribution in [2.75, 3.05) is 7.11 Å². The normalized spacial score (nSPS) is 11.1. The Morgan fingerprint density at radius 3 is 2.62 bits per heavy atom. The van der Waals surface area contributed by atoms with E-state index in [9.17, 15) is 0 Å². The first-order valence-corrected chi connectivity index (χ1v) is 6.74. The summed E-state index contributed by atoms with van der Waals surface area (Å²) in [6.45, 7) is 0. The van der Waals surface area contributed by atoms with Gasteiger partial charge < -0.3 is 9.72 Å². The van der Waals surface area contributed by atoms with E-state index in [1.807, 2.05) is 54.6 Å². The molecule has 0 aliphatic heterocycles. The van der Waals surface area contributed by atoms with E-state index in [-0.39, 0.29) is 0 Å². The Kier molecular flexibility index (Phi) is 2.60. The maximum atomic E-state index is 5.31. The van der Waals surface area contributed by atoms with Gasteiger partial charge >= 0.3 is 0 Å². The molecule has 4 rings (SSSR count). The fourth-order valence-corrected chi connectivity index (χ4v) is 2.52. The number of ether oxygens (including phenoxy) is 1. The van der Waals surface area contributed by atoms with Crippen LogP contribution in [-0.2, 0) is 0 Å². The van der Waals surface area contributed by atoms with Gasteiger partial charge in [-0.3, -0.25) is 0 Å². The molecule has 0 aliphatic carbocycles. The second-order valence-corrected chi connectivity index (χ2v) is 4.84. The molecule has 2 aromatic carbocycles. The van der Waals surface area contributed by atoms with Crippen molar-refractivity contribution < 1.29 is 4.74 Å². The maximum absolute atomic E-state index is 5.31. The van der Waals surface area contributed by atoms with E-state index in [0.29, 0.717) is 5.88 Å². The van der Waals surface area contributed by atoms with Crippen molar-refractivity contribution in [3.63, 3.8) is 0 Å². The van der Waals surface area contributed by atoms with Gasteiger partial charge in [-0.05, 0) is 17.5 Å². The monoisotopic (exact) mass is 275 g/mol. The van der Waals surface area contributed by atoms with Crippen LogP contribution in [0.3, 0.4) is 0 Å². The maximum Gasteiger partial charge on any atom is 0.214 e. The molecule has 0 bridgehead atoms. The molecule has 0 amide bonds. The number of benzene rings is 2. The minimum absolute atomic E-state index is 0.587. The van der Waals surface area contributed by atoms with Crippen LogP contribution in [0.2, 0.25) is 0 Å². The summed E-state index contributed by atoms with van der Waals surface area (Å²) in [5.74, 6) is 1.34. The van der Waals surface area contributed by atoms with Crippen molar-refractivity contribution in [2.45, 2.75) is 0 Å². The highest BCUT2D eigenvalue weighted by atomic mass is 16.5. The molecule has 2 heterocycles. The minimum Gasteiger partial charge on any atom is -0.481 e. The number of fused-ring (bicyclic) bond motifs is 2. The summed E-state index contributed by atoms with van der Waals surface area (Å²) in [5, 5.41) is 2.14. The second-order valence-electron chi connectivity index (χ2n) is 4.84. The summed E-state index contributed by atoms with van der Waals surface area (Å²) < 4.78 is 5.31. The van der Waals surface area contributed by atoms with E-state index in [2.05, 4.69) is 15.0 Å². The van der Waals surface area contributed by atoms with E-state index >= 15 is 0 Å². The standard InChI is InChI=1S/C17H13N3O/c1-21-15-10-11-6-2-3-7-12(11)16(20-15)17-18-13-8-4-5-9-14(13)19-17/h2-10H,1H3,(H,18,19). The van der Waals surface area contributed by atoms with Gasteiger partial charge in [-0.2, -0.15) is 0 Å². The SMILES string of the molecule is COc1cc2ccccc2c(-c2nc3ccccc3[nH]2)n1. The van der Waals surface area contributed by atoms with Crippen LogP contribution < -0.4 is 4.74 Å². The van der Waals surface area contributed by atoms with Crippen LogP contribution in [0.15, 0.2) is 54.6 Å². The van der Waals surface area contributed by atoms with E-state index in [1.165, 1.54) is 0 Å². The number of methoxy groups -OCH3 is 1. The van der Waals surface area contributed by atoms with Crippen LogP contribution in [0.5, 0.6) is 5.88 Å². The summed E-state index contributed by atoms with van der Waals surface area (Å²) in [6, 6.07) is 18.0. The summed E-state index contributed by atoms with van der Waals surface area (Å²) in [5.41, 5.74) is 2.74. The zero-order chi connectivity index (χ0) is 14.2. The van der Waals surface area contributed by atoms with E-state index in [0.717, 1.165) is 33.3 Å². The average Bonchev–Trinajstić information content (AvgIpc) is 2.97. The smallest absolute Gasteiger partial charge is 0.214 e. The number of hydrogen-bond acceptors (Lipinski definition) is 3. The number of para-hydroxylation sites is 2. The lowest BCUT2D eigenvalue weighted by Gasteiger charge is -2.06. The number of rotatable bonds is 2. The summed E-state index contributed by atoms with van der Waals surface area (Å²) in [6.07, 6.45) is 0. The predicted octanol–water partition coefficient (Wildman–Crippen LogP) is 3.79. The van der Waals surface area contributed by atoms with Gasteiger partial charge in [0.15, 0.2) is 5.82 Å². The van der Waals surface area contributed by atoms with Crippen molar-refractivity contribution >= 4 is 21.8 Å². The molecule has 0 unspecified atom stereocenters. The Bertz CT molecular complexity index is 910. The quantitative estimate of drug-likeness (QED) is 0.605. The lowest BCUT2D eigenvalue weighted by molar-refractivity contribution is 0.399. The van der Waals surface area contributed by atoms with Gasteiger partial charge in [-0.15, -0.1) is 0 Å². The van der Waals surface area contributed by atoms with Crippen LogP contribution >= 0.6 is 0 Å². The van der Waals surface area contributed by atoms with Gasteiger partial charge in [-0.1, -0.05) is 36.4 Å². The van der Waals surface area contributed by atoms with Gasteiger partial charge in [0.25, 0.3) is 0 Å². The number of nitrogens with one attached hydrogen (secondary N) is 1. The van der Waals surface area contributed by atoms with Crippen molar-refractivity contribution in [1.82, 2.24) is 15.0 Å². The summed E-state index contributed by atoms with van der Waals surface area (Å²) >= 11 is 0. The second kappa shape index (κ2) is 4.59. The molecule has 0 aliphatic rings. The third-order valence-electron chi connectivity index (χ3n) is 3.54. The third-order valence-corrected chi connectivity index (χ3v) is 3.54. The molecule has 4 heteroatoms. The molecule has 4 nitrogen and oxygen atoms in total. The van der Waals surface area contributed by atoms with Crippen LogP contribution in [0.4, 0.5) is 0 Å². The molecule has 21 heavy (non-hydrogen) atoms. The molecule has 0 saturated heterocycles. The predicted molar refractivity (Wildman–Crippen MR) is 83.4 cm³/mol. The minimum atomic E-state index is 0.587. The number of imidazole rings is 1. The van der Waals surface area contributed by atoms with Gasteiger partial charge in [0.2, 0.25) is 5.88 Å². The van der Waals surface area contributed by atoms with Gasteiger partial charge in [0.05, 0.1) is 18.1 Å². The van der Waals surface area contributed by atoms with Crippen LogP contribution in [0.1, 0.15) is 0 Å². The molecule has 0 atom stereocenters. The highest BCUT2D eigenvalue weighted by Crippen LogP contribution is 2.29. The first kappa shape index (κ1) is 11.9. The number of hydrogen-bond donors (Lipinski definition) is 1. The molecular weight excluding hydrogens is 262 g/mol. The highest BCUT2D eigenvalue weighted by molar-refractivity contribution is 5.95. The largest absolute Gasteiger partial charge is 0.481 e. The van der Waals surface area contributed by atoms with Crippen LogP contribution in [0, 0.1) is 0 Å². The summed E-state index contributed by atoms with van der Waals surface area (Å²) in [7, 11) is 1.62. The number of pyridine rings is 1. The average molecular weight is 275 g/mol. The number of nitrogens with zero attached hydrogens (tertiary/aromatic N) is 2. The molecule has 0 fully saturated rings. The molecule has 2 aromatic heterocycles. The van der Waals surface area contributed by atoms with Crippen molar-refractivity contribution in [1.29, 1.82) is 0 Å². The van der Waals surface area contributed by atoms with Crippen LogP contribution in [-0.4, -0.2) is 22.1 Å². The lowest BCUT2D eigenvalue weighted by Crippen LogP contribution is -1.93. The molecular formula is C17H13N3O. The van der Waals surface area contributed by atoms with Crippen molar-refractivity contribution in [2.24, 2.45) is 0 Å². The Labute approximate surface area is 121 Å². The first-order valence-electron chi connectivity index (χ1n) is 6.74. The van der Waals surface area contributed by atoms with E-state index in [4.69, 9.17) is 4.74 Å². The van der Waals surface area contributed by atoms with Crippen LogP contribution in [0.25, 0.3) is 33.3 Å². The molecule has 0 radical (unpaired) electrons. The van der Waals surface area contributed by atoms with E-state index < -0.39 is 0 Å². The lowest BCUT2D eigenvalue weighted by atomic mass is 10.1. The Hall–Kier alpha value is -2.88. The molecule has 4 aromatic rings. The highest BCUT2D eigenvalue weighted by Gasteiger charge is 2.12. The van der Waals surface area contributed by atoms with Crippen molar-refractivity contribution in [3.8, 4) is 17.4 Å². The Balaban J connectivity index is 2.04. The number of aromatic nitrogens is 3. The van der Waals surface area contributed by atoms with Gasteiger partial charge in [0.1, 0.15) is 5.69 Å². The molecule has 0 spiro atoms. The fourth-order valence-electron chi connectivity index (χ4n) is 2.52. The van der Waals surface area contributed by atoms with E-state index in [1.54, 1.807) is 7.11 Å². The van der Waals surface area contributed by atoms with Crippen molar-refractivity contribution in [3.05, 3.63) is 54.6 Å². The number of H-pyrrole nitrogens is 1. The topological polar surface area (TPSA) is 50.8 Å². The Morgan fingerprint density at radius 2 is 1.76 bits per heavy atom. The molecule has 102 valence electrons. The zero-order valence-electron chi connectivity index (χ0n) is 11.5. The fraction of sp³-hybridized carbons (Fsp3) is 0.0588. The Morgan fingerprint density at radius 1 is 0.952 bits per heavy atom. The zero-order valence-corrected chi connectivity index (χ0v) is 11.5. The van der Waals surface area contributed by atoms with Gasteiger partial charge in [-0.25, -0.2) is 9.97 Å². The number of aromatic amines is 1.